The first kappa shape index (κ1) is 21.0. The number of rotatable bonds is 5. The minimum atomic E-state index is -0.541. The van der Waals surface area contributed by atoms with Gasteiger partial charge >= 0.3 is 0 Å². The minimum Gasteiger partial charge on any atom is -0.457 e. The van der Waals surface area contributed by atoms with Crippen molar-refractivity contribution in [1.82, 2.24) is 0 Å². The molecular weight excluding hydrogens is 450 g/mol. The van der Waals surface area contributed by atoms with Gasteiger partial charge < -0.3 is 9.73 Å². The largest absolute Gasteiger partial charge is 0.457 e. The van der Waals surface area contributed by atoms with Crippen molar-refractivity contribution in [2.45, 2.75) is 13.8 Å². The average Bonchev–Trinajstić information content (AvgIpc) is 3.17. The molecule has 8 heteroatoms. The van der Waals surface area contributed by atoms with Gasteiger partial charge in [0.2, 0.25) is 0 Å². The monoisotopic (exact) mass is 465 g/mol. The molecular formula is C22H16BrN3O4. The highest BCUT2D eigenvalue weighted by Crippen LogP contribution is 2.33. The Morgan fingerprint density at radius 2 is 1.97 bits per heavy atom. The molecule has 1 aromatic heterocycles. The van der Waals surface area contributed by atoms with E-state index in [1.165, 1.54) is 18.2 Å². The van der Waals surface area contributed by atoms with E-state index in [-0.39, 0.29) is 11.3 Å². The summed E-state index contributed by atoms with van der Waals surface area (Å²) in [5.74, 6) is 0.207. The number of nitro groups is 1. The van der Waals surface area contributed by atoms with Crippen molar-refractivity contribution in [3.8, 4) is 17.4 Å². The van der Waals surface area contributed by atoms with E-state index in [1.807, 2.05) is 38.1 Å². The van der Waals surface area contributed by atoms with Crippen molar-refractivity contribution in [1.29, 1.82) is 5.26 Å². The smallest absolute Gasteiger partial charge is 0.270 e. The molecule has 0 aliphatic rings. The van der Waals surface area contributed by atoms with Crippen LogP contribution >= 0.6 is 15.9 Å². The van der Waals surface area contributed by atoms with Gasteiger partial charge in [-0.3, -0.25) is 14.9 Å². The number of amides is 1. The highest BCUT2D eigenvalue weighted by atomic mass is 79.9. The van der Waals surface area contributed by atoms with Crippen LogP contribution in [0, 0.1) is 35.3 Å². The van der Waals surface area contributed by atoms with Crippen LogP contribution in [0.3, 0.4) is 0 Å². The van der Waals surface area contributed by atoms with Gasteiger partial charge in [0.25, 0.3) is 11.6 Å². The topological polar surface area (TPSA) is 109 Å². The number of non-ortho nitro benzene ring substituents is 1. The maximum atomic E-state index is 12.5. The van der Waals surface area contributed by atoms with E-state index in [4.69, 9.17) is 4.42 Å². The van der Waals surface area contributed by atoms with E-state index >= 15 is 0 Å². The first-order valence-electron chi connectivity index (χ1n) is 8.83. The Morgan fingerprint density at radius 1 is 1.20 bits per heavy atom. The van der Waals surface area contributed by atoms with E-state index in [1.54, 1.807) is 18.2 Å². The number of carbonyl (C=O) groups is 1. The van der Waals surface area contributed by atoms with Crippen LogP contribution in [0.15, 0.2) is 63.0 Å². The Balaban J connectivity index is 1.85. The molecule has 1 N–H and O–H groups in total. The first-order chi connectivity index (χ1) is 14.3. The van der Waals surface area contributed by atoms with Crippen LogP contribution in [-0.4, -0.2) is 10.8 Å². The Hall–Kier alpha value is -3.70. The van der Waals surface area contributed by atoms with Gasteiger partial charge in [-0.2, -0.15) is 5.26 Å². The molecule has 0 radical (unpaired) electrons. The molecule has 30 heavy (non-hydrogen) atoms. The summed E-state index contributed by atoms with van der Waals surface area (Å²) in [6, 6.07) is 15.1. The lowest BCUT2D eigenvalue weighted by Crippen LogP contribution is -2.14. The summed E-state index contributed by atoms with van der Waals surface area (Å²) in [5, 5.41) is 23.0. The van der Waals surface area contributed by atoms with Crippen molar-refractivity contribution in [2.24, 2.45) is 0 Å². The van der Waals surface area contributed by atoms with Crippen molar-refractivity contribution in [3.05, 3.63) is 85.6 Å². The van der Waals surface area contributed by atoms with Crippen molar-refractivity contribution in [3.63, 3.8) is 0 Å². The number of aryl methyl sites for hydroxylation is 2. The zero-order valence-electron chi connectivity index (χ0n) is 16.1. The summed E-state index contributed by atoms with van der Waals surface area (Å²) in [6.07, 6.45) is 1.35. The highest BCUT2D eigenvalue weighted by Gasteiger charge is 2.15. The number of hydrogen-bond acceptors (Lipinski definition) is 5. The van der Waals surface area contributed by atoms with Gasteiger partial charge in [-0.1, -0.05) is 12.1 Å². The Morgan fingerprint density at radius 3 is 2.63 bits per heavy atom. The summed E-state index contributed by atoms with van der Waals surface area (Å²) in [5.41, 5.74) is 2.96. The minimum absolute atomic E-state index is 0.0489. The summed E-state index contributed by atoms with van der Waals surface area (Å²) in [6.45, 7) is 3.78. The van der Waals surface area contributed by atoms with Crippen LogP contribution in [0.4, 0.5) is 11.4 Å². The fourth-order valence-corrected chi connectivity index (χ4v) is 3.31. The number of carbonyl (C=O) groups excluding carboxylic acids is 1. The lowest BCUT2D eigenvalue weighted by atomic mass is 10.1. The lowest BCUT2D eigenvalue weighted by molar-refractivity contribution is -0.384. The van der Waals surface area contributed by atoms with Crippen LogP contribution in [0.25, 0.3) is 17.4 Å². The number of anilines is 1. The quantitative estimate of drug-likeness (QED) is 0.222. The Kier molecular flexibility index (Phi) is 6.14. The zero-order chi connectivity index (χ0) is 21.8. The molecule has 2 aromatic carbocycles. The number of hydrogen-bond donors (Lipinski definition) is 1. The highest BCUT2D eigenvalue weighted by molar-refractivity contribution is 9.10. The molecule has 0 bridgehead atoms. The Bertz CT molecular complexity index is 1220. The molecule has 1 amide bonds. The normalized spacial score (nSPS) is 11.1. The molecule has 0 saturated heterocycles. The van der Waals surface area contributed by atoms with Crippen molar-refractivity contribution < 1.29 is 14.1 Å². The summed E-state index contributed by atoms with van der Waals surface area (Å²) < 4.78 is 6.21. The molecule has 0 spiro atoms. The maximum absolute atomic E-state index is 12.5. The molecule has 7 nitrogen and oxygen atoms in total. The van der Waals surface area contributed by atoms with E-state index in [2.05, 4.69) is 21.2 Å². The molecule has 0 fully saturated rings. The summed E-state index contributed by atoms with van der Waals surface area (Å²) in [7, 11) is 0. The van der Waals surface area contributed by atoms with Crippen LogP contribution in [0.2, 0.25) is 0 Å². The number of benzene rings is 2. The molecule has 150 valence electrons. The molecule has 1 heterocycles. The number of nitrogens with zero attached hydrogens (tertiary/aromatic N) is 2. The summed E-state index contributed by atoms with van der Waals surface area (Å²) in [4.78, 5) is 22.9. The van der Waals surface area contributed by atoms with E-state index in [0.717, 1.165) is 11.1 Å². The molecule has 0 saturated carbocycles. The van der Waals surface area contributed by atoms with Gasteiger partial charge in [-0.05, 0) is 65.2 Å². The molecule has 0 atom stereocenters. The standard InChI is InChI=1S/C22H16BrN3O4/c1-13-3-4-14(2)20(9-13)25-22(27)15(12-24)10-17-6-8-21(30-17)18-7-5-16(26(28)29)11-19(18)23/h3-11H,1-2H3,(H,25,27)/b15-10+. The molecule has 3 rings (SSSR count). The second kappa shape index (κ2) is 8.76. The molecule has 0 unspecified atom stereocenters. The zero-order valence-corrected chi connectivity index (χ0v) is 17.7. The Labute approximate surface area is 180 Å². The number of halogens is 1. The fourth-order valence-electron chi connectivity index (χ4n) is 2.74. The van der Waals surface area contributed by atoms with Gasteiger partial charge in [0.1, 0.15) is 23.2 Å². The maximum Gasteiger partial charge on any atom is 0.270 e. The van der Waals surface area contributed by atoms with Gasteiger partial charge in [-0.15, -0.1) is 0 Å². The number of nitriles is 1. The third-order valence-corrected chi connectivity index (χ3v) is 5.00. The van der Waals surface area contributed by atoms with Gasteiger partial charge in [-0.25, -0.2) is 0 Å². The predicted molar refractivity (Wildman–Crippen MR) is 117 cm³/mol. The van der Waals surface area contributed by atoms with Gasteiger partial charge in [0, 0.05) is 33.9 Å². The van der Waals surface area contributed by atoms with E-state index in [0.29, 0.717) is 27.2 Å². The van der Waals surface area contributed by atoms with Crippen molar-refractivity contribution in [2.75, 3.05) is 5.32 Å². The van der Waals surface area contributed by atoms with E-state index < -0.39 is 10.8 Å². The molecule has 3 aromatic rings. The average molecular weight is 466 g/mol. The van der Waals surface area contributed by atoms with Crippen LogP contribution < -0.4 is 5.32 Å². The number of nitrogens with one attached hydrogen (secondary N) is 1. The number of nitro benzene ring substituents is 1. The van der Waals surface area contributed by atoms with Crippen LogP contribution in [0.1, 0.15) is 16.9 Å². The van der Waals surface area contributed by atoms with E-state index in [9.17, 15) is 20.2 Å². The predicted octanol–water partition coefficient (Wildman–Crippen LogP) is 5.78. The van der Waals surface area contributed by atoms with Crippen LogP contribution in [-0.2, 0) is 4.79 Å². The fraction of sp³-hybridized carbons (Fsp3) is 0.0909. The van der Waals surface area contributed by atoms with Gasteiger partial charge in [0.05, 0.1) is 4.92 Å². The van der Waals surface area contributed by atoms with Crippen LogP contribution in [0.5, 0.6) is 0 Å². The number of furan rings is 1. The van der Waals surface area contributed by atoms with Gasteiger partial charge in [0.15, 0.2) is 0 Å². The SMILES string of the molecule is Cc1ccc(C)c(NC(=O)/C(C#N)=C/c2ccc(-c3ccc([N+](=O)[O-])cc3Br)o2)c1. The molecule has 0 aliphatic carbocycles. The van der Waals surface area contributed by atoms with Crippen molar-refractivity contribution >= 4 is 39.3 Å². The second-order valence-electron chi connectivity index (χ2n) is 6.57. The summed E-state index contributed by atoms with van der Waals surface area (Å²) >= 11 is 3.30. The molecule has 0 aliphatic heterocycles. The second-order valence-corrected chi connectivity index (χ2v) is 7.42. The first-order valence-corrected chi connectivity index (χ1v) is 9.62. The third-order valence-electron chi connectivity index (χ3n) is 4.35. The lowest BCUT2D eigenvalue weighted by Gasteiger charge is -2.08. The third kappa shape index (κ3) is 4.64.